The van der Waals surface area contributed by atoms with Gasteiger partial charge in [0.25, 0.3) is 0 Å². The number of aryl methyl sites for hydroxylation is 2. The Labute approximate surface area is 300 Å². The predicted molar refractivity (Wildman–Crippen MR) is 194 cm³/mol. The van der Waals surface area contributed by atoms with Crippen LogP contribution in [0, 0.1) is 13.8 Å². The van der Waals surface area contributed by atoms with Crippen LogP contribution in [0.25, 0.3) is 5.57 Å². The third-order valence-corrected chi connectivity index (χ3v) is 9.37. The molecule has 268 valence electrons. The molecule has 0 bridgehead atoms. The summed E-state index contributed by atoms with van der Waals surface area (Å²) in [6.07, 6.45) is 2.99. The molecule has 11 heteroatoms. The fourth-order valence-corrected chi connectivity index (χ4v) is 6.54. The first-order valence-electron chi connectivity index (χ1n) is 17.2. The van der Waals surface area contributed by atoms with Crippen LogP contribution in [0.4, 0.5) is 4.79 Å². The molecule has 0 saturated heterocycles. The van der Waals surface area contributed by atoms with E-state index in [1.165, 1.54) is 7.05 Å². The van der Waals surface area contributed by atoms with E-state index >= 15 is 0 Å². The number of carbonyl (C=O) groups excluding carboxylic acids is 2. The predicted octanol–water partition coefficient (Wildman–Crippen LogP) is 6.24. The Bertz CT molecular complexity index is 1620. The summed E-state index contributed by atoms with van der Waals surface area (Å²) in [5.74, 6) is 1.47. The van der Waals surface area contributed by atoms with E-state index < -0.39 is 6.09 Å². The summed E-state index contributed by atoms with van der Waals surface area (Å²) in [6, 6.07) is 19.9. The number of hydrogen-bond acceptors (Lipinski definition) is 8. The third kappa shape index (κ3) is 10.0. The second-order valence-electron chi connectivity index (χ2n) is 12.6. The molecule has 2 aliphatic rings. The highest BCUT2D eigenvalue weighted by Crippen LogP contribution is 2.39. The van der Waals surface area contributed by atoms with E-state index in [1.54, 1.807) is 13.2 Å². The number of ether oxygens (including phenoxy) is 5. The first-order chi connectivity index (χ1) is 24.3. The van der Waals surface area contributed by atoms with Crippen LogP contribution in [-0.4, -0.2) is 82.9 Å². The lowest BCUT2D eigenvalue weighted by Gasteiger charge is -2.38. The van der Waals surface area contributed by atoms with Crippen LogP contribution in [0.15, 0.2) is 66.2 Å². The van der Waals surface area contributed by atoms with Gasteiger partial charge in [0.15, 0.2) is 0 Å². The molecule has 3 aromatic carbocycles. The van der Waals surface area contributed by atoms with Crippen molar-refractivity contribution in [3.05, 3.63) is 99.1 Å². The number of amides is 2. The third-order valence-electron chi connectivity index (χ3n) is 9.00. The summed E-state index contributed by atoms with van der Waals surface area (Å²) in [7, 11) is 3.11. The van der Waals surface area contributed by atoms with Crippen molar-refractivity contribution in [1.82, 2.24) is 15.5 Å². The van der Waals surface area contributed by atoms with Crippen LogP contribution in [0.3, 0.4) is 0 Å². The second kappa shape index (κ2) is 18.2. The standard InChI is InChI=1S/C39H48ClN3O7/c1-26-6-5-7-27(2)37(26)49-21-20-48-32-13-9-29(10-14-32)33-16-18-43(31-11-12-31)35(24-47-25-46-4)36(33)38(44)42-23-30-22-28(8-15-34(30)40)17-19-50-39(45)41-3/h5-10,13-15,22,31,35H,11-12,16-21,23-25H2,1-4H3,(H,41,45)(H,42,44). The molecule has 0 spiro atoms. The Morgan fingerprint density at radius 2 is 1.70 bits per heavy atom. The van der Waals surface area contributed by atoms with Crippen molar-refractivity contribution in [3.8, 4) is 11.5 Å². The van der Waals surface area contributed by atoms with E-state index in [1.807, 2.05) is 68.4 Å². The van der Waals surface area contributed by atoms with E-state index in [0.29, 0.717) is 42.9 Å². The maximum atomic E-state index is 14.2. The second-order valence-corrected chi connectivity index (χ2v) is 13.0. The number of nitrogens with zero attached hydrogens (tertiary/aromatic N) is 1. The van der Waals surface area contributed by atoms with Gasteiger partial charge in [0.1, 0.15) is 31.5 Å². The Hall–Kier alpha value is -4.09. The lowest BCUT2D eigenvalue weighted by molar-refractivity contribution is -0.119. The molecule has 5 rings (SSSR count). The van der Waals surface area contributed by atoms with Crippen molar-refractivity contribution in [2.24, 2.45) is 0 Å². The molecule has 3 aromatic rings. The highest BCUT2D eigenvalue weighted by atomic mass is 35.5. The van der Waals surface area contributed by atoms with Crippen LogP contribution in [-0.2, 0) is 32.0 Å². The maximum absolute atomic E-state index is 14.2. The number of alkyl carbamates (subject to hydrolysis) is 1. The highest BCUT2D eigenvalue weighted by molar-refractivity contribution is 6.31. The van der Waals surface area contributed by atoms with E-state index in [0.717, 1.165) is 70.7 Å². The largest absolute Gasteiger partial charge is 0.490 e. The average molecular weight is 706 g/mol. The van der Waals surface area contributed by atoms with E-state index in [-0.39, 0.29) is 31.9 Å². The molecular formula is C39H48ClN3O7. The SMILES string of the molecule is CNC(=O)OCCc1ccc(Cl)c(CNC(=O)C2=C(c3ccc(OCCOc4c(C)cccc4C)cc3)CCN(C3CC3)C2COCOC)c1. The van der Waals surface area contributed by atoms with Crippen LogP contribution >= 0.6 is 11.6 Å². The summed E-state index contributed by atoms with van der Waals surface area (Å²) in [4.78, 5) is 28.1. The van der Waals surface area contributed by atoms with Crippen molar-refractivity contribution in [2.45, 2.75) is 58.2 Å². The van der Waals surface area contributed by atoms with Crippen molar-refractivity contribution in [1.29, 1.82) is 0 Å². The van der Waals surface area contributed by atoms with Gasteiger partial charge < -0.3 is 34.3 Å². The number of carbonyl (C=O) groups is 2. The topological polar surface area (TPSA) is 108 Å². The normalized spacial score (nSPS) is 16.2. The first kappa shape index (κ1) is 37.2. The number of nitrogens with one attached hydrogen (secondary N) is 2. The number of benzene rings is 3. The minimum Gasteiger partial charge on any atom is -0.490 e. The lowest BCUT2D eigenvalue weighted by Crippen LogP contribution is -2.49. The molecule has 1 aliphatic heterocycles. The Kier molecular flexibility index (Phi) is 13.6. The van der Waals surface area contributed by atoms with Crippen molar-refractivity contribution in [3.63, 3.8) is 0 Å². The van der Waals surface area contributed by atoms with Gasteiger partial charge in [0, 0.05) is 50.3 Å². The fraction of sp³-hybridized carbons (Fsp3) is 0.436. The number of para-hydroxylation sites is 1. The quantitative estimate of drug-likeness (QED) is 0.126. The summed E-state index contributed by atoms with van der Waals surface area (Å²) >= 11 is 6.57. The molecule has 1 aliphatic carbocycles. The van der Waals surface area contributed by atoms with Gasteiger partial charge in [0.2, 0.25) is 5.91 Å². The molecule has 1 fully saturated rings. The van der Waals surface area contributed by atoms with Gasteiger partial charge in [-0.2, -0.15) is 0 Å². The zero-order chi connectivity index (χ0) is 35.5. The molecule has 0 aromatic heterocycles. The van der Waals surface area contributed by atoms with Crippen molar-refractivity contribution in [2.75, 3.05) is 53.9 Å². The van der Waals surface area contributed by atoms with Crippen LogP contribution in [0.1, 0.15) is 47.1 Å². The summed E-state index contributed by atoms with van der Waals surface area (Å²) in [5, 5.41) is 6.15. The molecule has 10 nitrogen and oxygen atoms in total. The van der Waals surface area contributed by atoms with Gasteiger partial charge in [-0.25, -0.2) is 4.79 Å². The highest BCUT2D eigenvalue weighted by Gasteiger charge is 2.41. The molecule has 2 N–H and O–H groups in total. The lowest BCUT2D eigenvalue weighted by atomic mass is 9.87. The molecule has 50 heavy (non-hydrogen) atoms. The van der Waals surface area contributed by atoms with Crippen molar-refractivity contribution >= 4 is 29.2 Å². The molecular weight excluding hydrogens is 658 g/mol. The Morgan fingerprint density at radius 1 is 0.960 bits per heavy atom. The van der Waals surface area contributed by atoms with Gasteiger partial charge in [-0.05, 0) is 84.7 Å². The zero-order valence-electron chi connectivity index (χ0n) is 29.4. The summed E-state index contributed by atoms with van der Waals surface area (Å²) in [5.41, 5.74) is 6.58. The number of rotatable bonds is 17. The Morgan fingerprint density at radius 3 is 2.40 bits per heavy atom. The maximum Gasteiger partial charge on any atom is 0.406 e. The molecule has 1 atom stereocenters. The number of halogens is 1. The first-order valence-corrected chi connectivity index (χ1v) is 17.5. The average Bonchev–Trinajstić information content (AvgIpc) is 3.97. The summed E-state index contributed by atoms with van der Waals surface area (Å²) < 4.78 is 28.3. The smallest absolute Gasteiger partial charge is 0.406 e. The van der Waals surface area contributed by atoms with Crippen molar-refractivity contribution < 1.29 is 33.3 Å². The summed E-state index contributed by atoms with van der Waals surface area (Å²) in [6.45, 7) is 6.69. The monoisotopic (exact) mass is 705 g/mol. The molecule has 0 radical (unpaired) electrons. The van der Waals surface area contributed by atoms with Gasteiger partial charge in [-0.15, -0.1) is 0 Å². The van der Waals surface area contributed by atoms with Gasteiger partial charge in [-0.1, -0.05) is 54.1 Å². The minimum absolute atomic E-state index is 0.143. The molecule has 1 saturated carbocycles. The number of hydrogen-bond donors (Lipinski definition) is 2. The molecule has 2 amide bonds. The van der Waals surface area contributed by atoms with Gasteiger partial charge in [0.05, 0.1) is 19.3 Å². The van der Waals surface area contributed by atoms with Crippen LogP contribution in [0.5, 0.6) is 11.5 Å². The van der Waals surface area contributed by atoms with E-state index in [2.05, 4.69) is 15.5 Å². The molecule has 1 unspecified atom stereocenters. The molecule has 1 heterocycles. The van der Waals surface area contributed by atoms with Crippen LogP contribution < -0.4 is 20.1 Å². The van der Waals surface area contributed by atoms with Crippen LogP contribution in [0.2, 0.25) is 5.02 Å². The minimum atomic E-state index is -0.479. The Balaban J connectivity index is 1.32. The zero-order valence-corrected chi connectivity index (χ0v) is 30.1. The van der Waals surface area contributed by atoms with E-state index in [4.69, 9.17) is 35.3 Å². The van der Waals surface area contributed by atoms with Gasteiger partial charge >= 0.3 is 6.09 Å². The fourth-order valence-electron chi connectivity index (χ4n) is 6.36. The number of methoxy groups -OCH3 is 1. The van der Waals surface area contributed by atoms with Gasteiger partial charge in [-0.3, -0.25) is 9.69 Å². The van der Waals surface area contributed by atoms with E-state index in [9.17, 15) is 9.59 Å².